The third-order valence-electron chi connectivity index (χ3n) is 5.02. The lowest BCUT2D eigenvalue weighted by Gasteiger charge is -2.16. The summed E-state index contributed by atoms with van der Waals surface area (Å²) in [6.07, 6.45) is 7.12. The number of halogens is 2. The van der Waals surface area contributed by atoms with E-state index in [9.17, 15) is 4.79 Å². The van der Waals surface area contributed by atoms with Crippen molar-refractivity contribution in [3.05, 3.63) is 33.1 Å². The minimum Gasteiger partial charge on any atom is -0.266 e. The molecule has 2 saturated carbocycles. The van der Waals surface area contributed by atoms with Crippen LogP contribution < -0.4 is 5.43 Å². The van der Waals surface area contributed by atoms with Gasteiger partial charge in [0.1, 0.15) is 4.88 Å². The first-order valence-electron chi connectivity index (χ1n) is 7.83. The Kier molecular flexibility index (Phi) is 4.08. The average molecular weight is 367 g/mol. The van der Waals surface area contributed by atoms with E-state index in [1.54, 1.807) is 6.07 Å². The number of nitrogens with one attached hydrogen (secondary N) is 1. The van der Waals surface area contributed by atoms with Gasteiger partial charge in [0.2, 0.25) is 0 Å². The molecule has 0 saturated heterocycles. The van der Waals surface area contributed by atoms with Crippen molar-refractivity contribution in [3.8, 4) is 0 Å². The molecular formula is C17H16Cl2N2OS. The van der Waals surface area contributed by atoms with Gasteiger partial charge in [-0.3, -0.25) is 4.79 Å². The number of rotatable bonds is 3. The zero-order valence-corrected chi connectivity index (χ0v) is 14.7. The van der Waals surface area contributed by atoms with Crippen LogP contribution in [-0.2, 0) is 0 Å². The van der Waals surface area contributed by atoms with Crippen molar-refractivity contribution < 1.29 is 4.79 Å². The van der Waals surface area contributed by atoms with Gasteiger partial charge >= 0.3 is 0 Å². The topological polar surface area (TPSA) is 41.5 Å². The van der Waals surface area contributed by atoms with Gasteiger partial charge in [-0.2, -0.15) is 5.10 Å². The SMILES string of the molecule is O=C(N/N=C\[C@@H]1C[C@H]2CC[C@@H]1C2)c1sc2cc(Cl)ccc2c1Cl. The summed E-state index contributed by atoms with van der Waals surface area (Å²) in [5.41, 5.74) is 2.63. The number of nitrogens with zero attached hydrogens (tertiary/aromatic N) is 1. The summed E-state index contributed by atoms with van der Waals surface area (Å²) in [7, 11) is 0. The molecule has 2 fully saturated rings. The number of hydrazone groups is 1. The van der Waals surface area contributed by atoms with Crippen LogP contribution >= 0.6 is 34.5 Å². The fourth-order valence-corrected chi connectivity index (χ4v) is 5.59. The molecule has 4 rings (SSSR count). The van der Waals surface area contributed by atoms with Crippen LogP contribution in [0.1, 0.15) is 35.4 Å². The van der Waals surface area contributed by atoms with Crippen LogP contribution in [0.2, 0.25) is 10.0 Å². The molecule has 2 bridgehead atoms. The lowest BCUT2D eigenvalue weighted by molar-refractivity contribution is 0.0959. The molecule has 2 aliphatic rings. The molecule has 120 valence electrons. The van der Waals surface area contributed by atoms with Crippen molar-refractivity contribution in [2.45, 2.75) is 25.7 Å². The van der Waals surface area contributed by atoms with E-state index in [1.807, 2.05) is 18.3 Å². The van der Waals surface area contributed by atoms with Gasteiger partial charge in [0, 0.05) is 21.3 Å². The van der Waals surface area contributed by atoms with E-state index in [0.717, 1.165) is 21.9 Å². The molecule has 3 nitrogen and oxygen atoms in total. The first-order chi connectivity index (χ1) is 11.1. The molecule has 1 aromatic carbocycles. The number of benzene rings is 1. The number of hydrogen-bond donors (Lipinski definition) is 1. The van der Waals surface area contributed by atoms with Gasteiger partial charge in [-0.05, 0) is 49.1 Å². The van der Waals surface area contributed by atoms with Crippen molar-refractivity contribution >= 4 is 56.7 Å². The third kappa shape index (κ3) is 2.88. The Bertz CT molecular complexity index is 801. The fourth-order valence-electron chi connectivity index (χ4n) is 3.90. The van der Waals surface area contributed by atoms with Gasteiger partial charge < -0.3 is 0 Å². The van der Waals surface area contributed by atoms with Crippen molar-refractivity contribution in [2.75, 3.05) is 0 Å². The first kappa shape index (κ1) is 15.4. The Labute approximate surface area is 148 Å². The van der Waals surface area contributed by atoms with Crippen LogP contribution in [0.4, 0.5) is 0 Å². The van der Waals surface area contributed by atoms with Gasteiger partial charge in [0.05, 0.1) is 5.02 Å². The summed E-state index contributed by atoms with van der Waals surface area (Å²) in [5, 5.41) is 6.13. The highest BCUT2D eigenvalue weighted by molar-refractivity contribution is 7.21. The number of thiophene rings is 1. The number of carbonyl (C=O) groups is 1. The van der Waals surface area contributed by atoms with E-state index in [-0.39, 0.29) is 5.91 Å². The quantitative estimate of drug-likeness (QED) is 0.576. The Morgan fingerprint density at radius 1 is 1.30 bits per heavy atom. The van der Waals surface area contributed by atoms with Crippen molar-refractivity contribution in [1.29, 1.82) is 0 Å². The molecule has 3 atom stereocenters. The minimum absolute atomic E-state index is 0.258. The summed E-state index contributed by atoms with van der Waals surface area (Å²) in [5.74, 6) is 1.89. The van der Waals surface area contributed by atoms with Gasteiger partial charge in [-0.15, -0.1) is 11.3 Å². The minimum atomic E-state index is -0.258. The number of fused-ring (bicyclic) bond motifs is 3. The summed E-state index contributed by atoms with van der Waals surface area (Å²) in [4.78, 5) is 12.8. The molecule has 2 aliphatic carbocycles. The van der Waals surface area contributed by atoms with E-state index < -0.39 is 0 Å². The summed E-state index contributed by atoms with van der Waals surface area (Å²) in [6, 6.07) is 5.44. The smallest absolute Gasteiger partial charge is 0.266 e. The summed E-state index contributed by atoms with van der Waals surface area (Å²) >= 11 is 13.6. The Hall–Kier alpha value is -1.10. The second kappa shape index (κ2) is 6.08. The van der Waals surface area contributed by atoms with Crippen LogP contribution in [0.5, 0.6) is 0 Å². The molecule has 1 heterocycles. The summed E-state index contributed by atoms with van der Waals surface area (Å²) < 4.78 is 0.907. The van der Waals surface area contributed by atoms with Crippen LogP contribution in [0, 0.1) is 17.8 Å². The van der Waals surface area contributed by atoms with Crippen LogP contribution in [0.3, 0.4) is 0 Å². The first-order valence-corrected chi connectivity index (χ1v) is 9.40. The maximum absolute atomic E-state index is 12.3. The molecule has 0 aliphatic heterocycles. The largest absolute Gasteiger partial charge is 0.282 e. The normalized spacial score (nSPS) is 26.4. The predicted octanol–water partition coefficient (Wildman–Crippen LogP) is 5.36. The maximum Gasteiger partial charge on any atom is 0.282 e. The Morgan fingerprint density at radius 3 is 2.91 bits per heavy atom. The van der Waals surface area contributed by atoms with Gasteiger partial charge in [0.15, 0.2) is 0 Å². The molecule has 1 amide bonds. The molecule has 23 heavy (non-hydrogen) atoms. The van der Waals surface area contributed by atoms with E-state index in [2.05, 4.69) is 10.5 Å². The predicted molar refractivity (Wildman–Crippen MR) is 96.7 cm³/mol. The molecule has 6 heteroatoms. The molecule has 0 unspecified atom stereocenters. The van der Waals surface area contributed by atoms with E-state index in [0.29, 0.717) is 20.8 Å². The monoisotopic (exact) mass is 366 g/mol. The van der Waals surface area contributed by atoms with E-state index in [1.165, 1.54) is 37.0 Å². The van der Waals surface area contributed by atoms with E-state index in [4.69, 9.17) is 23.2 Å². The van der Waals surface area contributed by atoms with Crippen molar-refractivity contribution in [3.63, 3.8) is 0 Å². The number of amides is 1. The molecule has 1 N–H and O–H groups in total. The highest BCUT2D eigenvalue weighted by Crippen LogP contribution is 2.47. The van der Waals surface area contributed by atoms with Crippen LogP contribution in [-0.4, -0.2) is 12.1 Å². The zero-order chi connectivity index (χ0) is 16.0. The maximum atomic E-state index is 12.3. The fraction of sp³-hybridized carbons (Fsp3) is 0.412. The summed E-state index contributed by atoms with van der Waals surface area (Å²) in [6.45, 7) is 0. The average Bonchev–Trinajstić information content (AvgIpc) is 3.22. The second-order valence-corrected chi connectivity index (χ2v) is 8.31. The van der Waals surface area contributed by atoms with Crippen LogP contribution in [0.15, 0.2) is 23.3 Å². The molecule has 0 radical (unpaired) electrons. The van der Waals surface area contributed by atoms with Crippen LogP contribution in [0.25, 0.3) is 10.1 Å². The van der Waals surface area contributed by atoms with Crippen molar-refractivity contribution in [1.82, 2.24) is 5.43 Å². The Balaban J connectivity index is 1.48. The number of carbonyl (C=O) groups excluding carboxylic acids is 1. The molecule has 0 spiro atoms. The van der Waals surface area contributed by atoms with Gasteiger partial charge in [-0.25, -0.2) is 5.43 Å². The lowest BCUT2D eigenvalue weighted by atomic mass is 9.90. The van der Waals surface area contributed by atoms with Gasteiger partial charge in [-0.1, -0.05) is 35.7 Å². The highest BCUT2D eigenvalue weighted by atomic mass is 35.5. The second-order valence-electron chi connectivity index (χ2n) is 6.44. The number of hydrogen-bond acceptors (Lipinski definition) is 3. The van der Waals surface area contributed by atoms with Gasteiger partial charge in [0.25, 0.3) is 5.91 Å². The van der Waals surface area contributed by atoms with Crippen molar-refractivity contribution in [2.24, 2.45) is 22.9 Å². The standard InChI is InChI=1S/C17H16Cl2N2OS/c18-12-3-4-13-14(7-12)23-16(15(13)19)17(22)21-20-8-11-6-9-1-2-10(11)5-9/h3-4,7-11H,1-2,5-6H2,(H,21,22)/b20-8-/t9-,10+,11-/m0/s1. The van der Waals surface area contributed by atoms with E-state index >= 15 is 0 Å². The highest BCUT2D eigenvalue weighted by Gasteiger charge is 2.38. The third-order valence-corrected chi connectivity index (χ3v) is 6.91. The molecular weight excluding hydrogens is 351 g/mol. The lowest BCUT2D eigenvalue weighted by Crippen LogP contribution is -2.19. The molecule has 2 aromatic rings. The Morgan fingerprint density at radius 2 is 2.17 bits per heavy atom. The zero-order valence-electron chi connectivity index (χ0n) is 12.4. The molecule has 1 aromatic heterocycles.